The molecule has 10 heteroatoms. The van der Waals surface area contributed by atoms with E-state index in [0.717, 1.165) is 16.5 Å². The number of aromatic nitrogens is 7. The Hall–Kier alpha value is -4.65. The molecule has 0 unspecified atom stereocenters. The monoisotopic (exact) mass is 423 g/mol. The van der Waals surface area contributed by atoms with E-state index in [9.17, 15) is 10.1 Å². The highest BCUT2D eigenvalue weighted by molar-refractivity contribution is 5.94. The number of rotatable bonds is 4. The number of hydrogen-bond donors (Lipinski definition) is 2. The Balaban J connectivity index is 1.55. The van der Waals surface area contributed by atoms with Crippen LogP contribution in [0, 0.1) is 11.3 Å². The summed E-state index contributed by atoms with van der Waals surface area (Å²) < 4.78 is 0. The Kier molecular flexibility index (Phi) is 4.56. The summed E-state index contributed by atoms with van der Waals surface area (Å²) in [5.41, 5.74) is 4.51. The zero-order valence-electron chi connectivity index (χ0n) is 17.3. The van der Waals surface area contributed by atoms with Gasteiger partial charge in [-0.1, -0.05) is 6.92 Å². The number of pyridine rings is 3. The van der Waals surface area contributed by atoms with Crippen LogP contribution in [0.2, 0.25) is 0 Å². The molecule has 0 saturated carbocycles. The number of imidazole rings is 1. The molecule has 10 nitrogen and oxygen atoms in total. The highest BCUT2D eigenvalue weighted by atomic mass is 16.2. The highest BCUT2D eigenvalue weighted by Gasteiger charge is 2.16. The zero-order chi connectivity index (χ0) is 22.2. The lowest BCUT2D eigenvalue weighted by molar-refractivity contribution is -0.118. The Morgan fingerprint density at radius 3 is 2.75 bits per heavy atom. The van der Waals surface area contributed by atoms with E-state index in [2.05, 4.69) is 41.2 Å². The maximum absolute atomic E-state index is 11.9. The minimum absolute atomic E-state index is 0.00281. The van der Waals surface area contributed by atoms with Gasteiger partial charge in [-0.2, -0.15) is 10.4 Å². The van der Waals surface area contributed by atoms with Crippen molar-refractivity contribution in [2.24, 2.45) is 0 Å². The normalized spacial score (nSPS) is 11.0. The second-order valence-electron chi connectivity index (χ2n) is 7.19. The van der Waals surface area contributed by atoms with Gasteiger partial charge in [-0.05, 0) is 18.2 Å². The number of amides is 1. The molecule has 1 amide bonds. The summed E-state index contributed by atoms with van der Waals surface area (Å²) in [7, 11) is 1.71. The van der Waals surface area contributed by atoms with Crippen LogP contribution in [0.5, 0.6) is 0 Å². The molecule has 156 valence electrons. The molecule has 0 saturated heterocycles. The van der Waals surface area contributed by atoms with E-state index in [1.165, 1.54) is 11.1 Å². The molecule has 0 spiro atoms. The van der Waals surface area contributed by atoms with E-state index in [1.54, 1.807) is 31.7 Å². The predicted octanol–water partition coefficient (Wildman–Crippen LogP) is 3.20. The maximum Gasteiger partial charge on any atom is 0.227 e. The van der Waals surface area contributed by atoms with E-state index in [4.69, 9.17) is 0 Å². The number of hydrogen-bond acceptors (Lipinski definition) is 7. The SMILES string of the molecule is CCC(=O)N(C)c1ccc(-c2cnc3n[nH]c(-c4nc5c(C#N)cncc5[nH]4)c3c2)cn1. The van der Waals surface area contributed by atoms with Crippen LogP contribution in [0.4, 0.5) is 5.82 Å². The summed E-state index contributed by atoms with van der Waals surface area (Å²) in [4.78, 5) is 34.1. The van der Waals surface area contributed by atoms with Crippen molar-refractivity contribution in [1.82, 2.24) is 35.1 Å². The fraction of sp³-hybridized carbons (Fsp3) is 0.136. The summed E-state index contributed by atoms with van der Waals surface area (Å²) in [6.45, 7) is 1.82. The van der Waals surface area contributed by atoms with Crippen LogP contribution in [0.3, 0.4) is 0 Å². The van der Waals surface area contributed by atoms with E-state index in [1.807, 2.05) is 19.1 Å². The molecule has 5 heterocycles. The van der Waals surface area contributed by atoms with Crippen LogP contribution in [-0.2, 0) is 4.79 Å². The molecular formula is C22H17N9O. The first-order chi connectivity index (χ1) is 15.6. The highest BCUT2D eigenvalue weighted by Crippen LogP contribution is 2.29. The fourth-order valence-electron chi connectivity index (χ4n) is 3.49. The van der Waals surface area contributed by atoms with E-state index in [0.29, 0.717) is 46.0 Å². The summed E-state index contributed by atoms with van der Waals surface area (Å²) in [6.07, 6.45) is 6.96. The predicted molar refractivity (Wildman–Crippen MR) is 118 cm³/mol. The third-order valence-corrected chi connectivity index (χ3v) is 5.26. The van der Waals surface area contributed by atoms with Gasteiger partial charge < -0.3 is 4.98 Å². The number of fused-ring (bicyclic) bond motifs is 2. The van der Waals surface area contributed by atoms with Crippen molar-refractivity contribution in [1.29, 1.82) is 5.26 Å². The molecule has 0 aromatic carbocycles. The van der Waals surface area contributed by atoms with Gasteiger partial charge in [0.05, 0.1) is 22.7 Å². The van der Waals surface area contributed by atoms with Crippen molar-refractivity contribution in [2.75, 3.05) is 11.9 Å². The smallest absolute Gasteiger partial charge is 0.227 e. The lowest BCUT2D eigenvalue weighted by Gasteiger charge is -2.15. The molecule has 0 atom stereocenters. The van der Waals surface area contributed by atoms with Crippen LogP contribution in [0.15, 0.2) is 43.0 Å². The quantitative estimate of drug-likeness (QED) is 0.452. The van der Waals surface area contributed by atoms with Crippen LogP contribution >= 0.6 is 0 Å². The Labute approximate surface area is 182 Å². The number of aromatic amines is 2. The molecular weight excluding hydrogens is 406 g/mol. The first kappa shape index (κ1) is 19.3. The standard InChI is InChI=1S/C22H17N9O/c1-3-18(32)31(2)17-5-4-12(9-25-17)13-6-15-20(29-30-21(15)26-10-13)22-27-16-11-24-8-14(7-23)19(16)28-22/h4-6,8-11H,3H2,1-2H3,(H,27,28)(H,26,29,30). The minimum atomic E-state index is -0.00281. The van der Waals surface area contributed by atoms with Gasteiger partial charge in [-0.3, -0.25) is 19.8 Å². The van der Waals surface area contributed by atoms with Crippen molar-refractivity contribution in [2.45, 2.75) is 13.3 Å². The summed E-state index contributed by atoms with van der Waals surface area (Å²) in [6, 6.07) is 7.76. The molecule has 0 fully saturated rings. The van der Waals surface area contributed by atoms with Crippen molar-refractivity contribution in [3.63, 3.8) is 0 Å². The first-order valence-corrected chi connectivity index (χ1v) is 9.90. The van der Waals surface area contributed by atoms with Gasteiger partial charge in [0.15, 0.2) is 11.5 Å². The van der Waals surface area contributed by atoms with Crippen molar-refractivity contribution >= 4 is 33.8 Å². The van der Waals surface area contributed by atoms with Crippen LogP contribution < -0.4 is 4.90 Å². The second-order valence-corrected chi connectivity index (χ2v) is 7.19. The Morgan fingerprint density at radius 2 is 2.00 bits per heavy atom. The van der Waals surface area contributed by atoms with Gasteiger partial charge in [0.25, 0.3) is 0 Å². The minimum Gasteiger partial charge on any atom is -0.335 e. The van der Waals surface area contributed by atoms with Crippen molar-refractivity contribution < 1.29 is 4.79 Å². The molecule has 2 N–H and O–H groups in total. The Bertz CT molecular complexity index is 1510. The molecule has 0 aliphatic carbocycles. The average Bonchev–Trinajstić information content (AvgIpc) is 3.46. The van der Waals surface area contributed by atoms with Crippen LogP contribution in [-0.4, -0.2) is 48.1 Å². The number of nitrogens with one attached hydrogen (secondary N) is 2. The number of nitrogens with zero attached hydrogens (tertiary/aromatic N) is 7. The molecule has 5 aromatic heterocycles. The van der Waals surface area contributed by atoms with E-state index < -0.39 is 0 Å². The van der Waals surface area contributed by atoms with Gasteiger partial charge in [0.2, 0.25) is 5.91 Å². The number of nitriles is 1. The van der Waals surface area contributed by atoms with E-state index in [-0.39, 0.29) is 5.91 Å². The molecule has 0 radical (unpaired) electrons. The largest absolute Gasteiger partial charge is 0.335 e. The van der Waals surface area contributed by atoms with Gasteiger partial charge in [0.1, 0.15) is 23.1 Å². The molecule has 0 aliphatic heterocycles. The van der Waals surface area contributed by atoms with Gasteiger partial charge >= 0.3 is 0 Å². The summed E-state index contributed by atoms with van der Waals surface area (Å²) in [5, 5.41) is 17.3. The molecule has 5 rings (SSSR count). The maximum atomic E-state index is 11.9. The van der Waals surface area contributed by atoms with Gasteiger partial charge in [-0.25, -0.2) is 15.0 Å². The van der Waals surface area contributed by atoms with Crippen molar-refractivity contribution in [3.8, 4) is 28.7 Å². The third kappa shape index (κ3) is 3.13. The number of H-pyrrole nitrogens is 2. The number of carbonyl (C=O) groups is 1. The third-order valence-electron chi connectivity index (χ3n) is 5.26. The van der Waals surface area contributed by atoms with Crippen LogP contribution in [0.25, 0.3) is 44.7 Å². The first-order valence-electron chi connectivity index (χ1n) is 9.90. The second kappa shape index (κ2) is 7.55. The fourth-order valence-corrected chi connectivity index (χ4v) is 3.49. The lowest BCUT2D eigenvalue weighted by atomic mass is 10.1. The Morgan fingerprint density at radius 1 is 1.16 bits per heavy atom. The number of anilines is 1. The topological polar surface area (TPSA) is 140 Å². The average molecular weight is 423 g/mol. The summed E-state index contributed by atoms with van der Waals surface area (Å²) in [5.74, 6) is 1.12. The molecule has 32 heavy (non-hydrogen) atoms. The molecule has 5 aromatic rings. The summed E-state index contributed by atoms with van der Waals surface area (Å²) >= 11 is 0. The van der Waals surface area contributed by atoms with Crippen LogP contribution in [0.1, 0.15) is 18.9 Å². The van der Waals surface area contributed by atoms with E-state index >= 15 is 0 Å². The zero-order valence-corrected chi connectivity index (χ0v) is 17.3. The van der Waals surface area contributed by atoms with Crippen molar-refractivity contribution in [3.05, 3.63) is 48.5 Å². The lowest BCUT2D eigenvalue weighted by Crippen LogP contribution is -2.25. The molecule has 0 bridgehead atoms. The molecule has 0 aliphatic rings. The van der Waals surface area contributed by atoms with Gasteiger partial charge in [-0.15, -0.1) is 0 Å². The number of carbonyl (C=O) groups excluding carboxylic acids is 1. The van der Waals surface area contributed by atoms with Gasteiger partial charge in [0, 0.05) is 43.2 Å².